The fourth-order valence-electron chi connectivity index (χ4n) is 2.43. The van der Waals surface area contributed by atoms with Gasteiger partial charge in [-0.1, -0.05) is 40.5 Å². The maximum atomic E-state index is 12.3. The van der Waals surface area contributed by atoms with E-state index in [0.29, 0.717) is 6.54 Å². The molecule has 1 aliphatic carbocycles. The molecule has 0 aromatic heterocycles. The summed E-state index contributed by atoms with van der Waals surface area (Å²) in [4.78, 5) is 12.3. The minimum absolute atomic E-state index is 0.171. The summed E-state index contributed by atoms with van der Waals surface area (Å²) in [5.41, 5.74) is 0.945. The Morgan fingerprint density at radius 3 is 2.67 bits per heavy atom. The van der Waals surface area contributed by atoms with E-state index in [-0.39, 0.29) is 11.3 Å². The summed E-state index contributed by atoms with van der Waals surface area (Å²) < 4.78 is 1.04. The Morgan fingerprint density at radius 2 is 2.11 bits per heavy atom. The molecule has 0 unspecified atom stereocenters. The van der Waals surface area contributed by atoms with Crippen LogP contribution < -0.4 is 10.6 Å². The maximum Gasteiger partial charge on any atom is 0.227 e. The second-order valence-electron chi connectivity index (χ2n) is 4.94. The van der Waals surface area contributed by atoms with Crippen LogP contribution in [0.3, 0.4) is 0 Å². The van der Waals surface area contributed by atoms with Gasteiger partial charge in [0.25, 0.3) is 0 Å². The molecule has 1 amide bonds. The molecule has 0 aliphatic heterocycles. The first-order valence-electron chi connectivity index (χ1n) is 6.34. The van der Waals surface area contributed by atoms with Crippen molar-refractivity contribution in [3.63, 3.8) is 0 Å². The summed E-state index contributed by atoms with van der Waals surface area (Å²) in [7, 11) is 1.90. The average molecular weight is 311 g/mol. The van der Waals surface area contributed by atoms with Gasteiger partial charge in [0, 0.05) is 17.6 Å². The molecule has 3 nitrogen and oxygen atoms in total. The van der Waals surface area contributed by atoms with Gasteiger partial charge in [0.15, 0.2) is 0 Å². The van der Waals surface area contributed by atoms with Gasteiger partial charge < -0.3 is 10.6 Å². The Balaban J connectivity index is 1.94. The molecule has 0 bridgehead atoms. The van der Waals surface area contributed by atoms with E-state index < -0.39 is 0 Å². The summed E-state index contributed by atoms with van der Waals surface area (Å²) in [6.07, 6.45) is 3.15. The molecule has 0 spiro atoms. The van der Waals surface area contributed by atoms with Gasteiger partial charge in [-0.25, -0.2) is 0 Å². The predicted octanol–water partition coefficient (Wildman–Crippen LogP) is 2.46. The van der Waals surface area contributed by atoms with E-state index >= 15 is 0 Å². The molecule has 1 aromatic rings. The molecule has 4 heteroatoms. The van der Waals surface area contributed by atoms with Gasteiger partial charge in [0.1, 0.15) is 0 Å². The van der Waals surface area contributed by atoms with Gasteiger partial charge in [-0.15, -0.1) is 0 Å². The van der Waals surface area contributed by atoms with Crippen molar-refractivity contribution in [3.05, 3.63) is 34.3 Å². The highest BCUT2D eigenvalue weighted by Crippen LogP contribution is 2.40. The fraction of sp³-hybridized carbons (Fsp3) is 0.500. The Labute approximate surface area is 116 Å². The lowest BCUT2D eigenvalue weighted by molar-refractivity contribution is -0.135. The van der Waals surface area contributed by atoms with Crippen LogP contribution in [0.1, 0.15) is 24.8 Å². The monoisotopic (exact) mass is 310 g/mol. The first kappa shape index (κ1) is 13.6. The number of amides is 1. The minimum atomic E-state index is -0.171. The van der Waals surface area contributed by atoms with Crippen molar-refractivity contribution < 1.29 is 4.79 Å². The predicted molar refractivity (Wildman–Crippen MR) is 76.2 cm³/mol. The van der Waals surface area contributed by atoms with E-state index in [0.717, 1.165) is 35.8 Å². The summed E-state index contributed by atoms with van der Waals surface area (Å²) in [5.74, 6) is 0.179. The van der Waals surface area contributed by atoms with Crippen molar-refractivity contribution in [1.29, 1.82) is 0 Å². The standard InChI is InChI=1S/C14H19BrN2O/c1-16-10-14(7-4-8-14)13(18)17-9-11-5-2-3-6-12(11)15/h2-3,5-6,16H,4,7-10H2,1H3,(H,17,18). The lowest BCUT2D eigenvalue weighted by Crippen LogP contribution is -2.50. The van der Waals surface area contributed by atoms with Crippen LogP contribution in [-0.4, -0.2) is 19.5 Å². The van der Waals surface area contributed by atoms with Crippen molar-refractivity contribution in [2.75, 3.05) is 13.6 Å². The van der Waals surface area contributed by atoms with Crippen LogP contribution in [0.25, 0.3) is 0 Å². The molecule has 1 aliphatic rings. The zero-order valence-corrected chi connectivity index (χ0v) is 12.2. The third-order valence-corrected chi connectivity index (χ3v) is 4.48. The van der Waals surface area contributed by atoms with Gasteiger partial charge in [0.2, 0.25) is 5.91 Å². The molecule has 1 fully saturated rings. The SMILES string of the molecule is CNCC1(C(=O)NCc2ccccc2Br)CCC1. The first-order valence-corrected chi connectivity index (χ1v) is 7.13. The summed E-state index contributed by atoms with van der Waals surface area (Å²) in [5, 5.41) is 6.19. The van der Waals surface area contributed by atoms with Crippen LogP contribution in [0.15, 0.2) is 28.7 Å². The largest absolute Gasteiger partial charge is 0.351 e. The summed E-state index contributed by atoms with van der Waals surface area (Å²) in [6.45, 7) is 1.36. The number of carbonyl (C=O) groups excluding carboxylic acids is 1. The highest BCUT2D eigenvalue weighted by molar-refractivity contribution is 9.10. The molecule has 2 rings (SSSR count). The number of nitrogens with one attached hydrogen (secondary N) is 2. The molecule has 18 heavy (non-hydrogen) atoms. The maximum absolute atomic E-state index is 12.3. The van der Waals surface area contributed by atoms with Crippen LogP contribution in [0, 0.1) is 5.41 Å². The first-order chi connectivity index (χ1) is 8.68. The van der Waals surface area contributed by atoms with Gasteiger partial charge in [-0.05, 0) is 31.5 Å². The van der Waals surface area contributed by atoms with Crippen molar-refractivity contribution in [2.45, 2.75) is 25.8 Å². The Hall–Kier alpha value is -0.870. The molecule has 2 N–H and O–H groups in total. The van der Waals surface area contributed by atoms with Gasteiger partial charge in [-0.3, -0.25) is 4.79 Å². The molecule has 0 radical (unpaired) electrons. The molecule has 98 valence electrons. The van der Waals surface area contributed by atoms with Crippen LogP contribution in [0.2, 0.25) is 0 Å². The van der Waals surface area contributed by atoms with Crippen LogP contribution in [0.5, 0.6) is 0 Å². The van der Waals surface area contributed by atoms with E-state index in [9.17, 15) is 4.79 Å². The van der Waals surface area contributed by atoms with Crippen molar-refractivity contribution in [2.24, 2.45) is 5.41 Å². The number of hydrogen-bond donors (Lipinski definition) is 2. The Kier molecular flexibility index (Phi) is 4.40. The number of halogens is 1. The van der Waals surface area contributed by atoms with Crippen LogP contribution >= 0.6 is 15.9 Å². The van der Waals surface area contributed by atoms with Gasteiger partial charge >= 0.3 is 0 Å². The number of benzene rings is 1. The highest BCUT2D eigenvalue weighted by atomic mass is 79.9. The molecule has 0 saturated heterocycles. The van der Waals surface area contributed by atoms with Gasteiger partial charge in [0.05, 0.1) is 5.41 Å². The third-order valence-electron chi connectivity index (χ3n) is 3.70. The minimum Gasteiger partial charge on any atom is -0.351 e. The van der Waals surface area contributed by atoms with E-state index in [1.807, 2.05) is 31.3 Å². The zero-order valence-electron chi connectivity index (χ0n) is 10.6. The van der Waals surface area contributed by atoms with E-state index in [1.54, 1.807) is 0 Å². The summed E-state index contributed by atoms with van der Waals surface area (Å²) >= 11 is 3.49. The topological polar surface area (TPSA) is 41.1 Å². The van der Waals surface area contributed by atoms with Gasteiger partial charge in [-0.2, -0.15) is 0 Å². The quantitative estimate of drug-likeness (QED) is 0.877. The second kappa shape index (κ2) is 5.85. The number of carbonyl (C=O) groups is 1. The highest BCUT2D eigenvalue weighted by Gasteiger charge is 2.43. The summed E-state index contributed by atoms with van der Waals surface area (Å²) in [6, 6.07) is 7.98. The lowest BCUT2D eigenvalue weighted by Gasteiger charge is -2.40. The second-order valence-corrected chi connectivity index (χ2v) is 5.79. The molecule has 1 saturated carbocycles. The Morgan fingerprint density at radius 1 is 1.39 bits per heavy atom. The normalized spacial score (nSPS) is 17.0. The van der Waals surface area contributed by atoms with E-state index in [2.05, 4.69) is 26.6 Å². The fourth-order valence-corrected chi connectivity index (χ4v) is 2.86. The molecular formula is C14H19BrN2O. The van der Waals surface area contributed by atoms with Crippen molar-refractivity contribution in [1.82, 2.24) is 10.6 Å². The number of rotatable bonds is 5. The molecule has 0 heterocycles. The van der Waals surface area contributed by atoms with Crippen molar-refractivity contribution in [3.8, 4) is 0 Å². The Bertz CT molecular complexity index is 430. The molecule has 1 aromatic carbocycles. The average Bonchev–Trinajstić information content (AvgIpc) is 2.32. The van der Waals surface area contributed by atoms with E-state index in [1.165, 1.54) is 0 Å². The third kappa shape index (κ3) is 2.75. The van der Waals surface area contributed by atoms with Crippen LogP contribution in [0.4, 0.5) is 0 Å². The van der Waals surface area contributed by atoms with E-state index in [4.69, 9.17) is 0 Å². The molecular weight excluding hydrogens is 292 g/mol. The number of hydrogen-bond acceptors (Lipinski definition) is 2. The van der Waals surface area contributed by atoms with Crippen LogP contribution in [-0.2, 0) is 11.3 Å². The zero-order chi connectivity index (χ0) is 13.0. The molecule has 0 atom stereocenters. The van der Waals surface area contributed by atoms with Crippen molar-refractivity contribution >= 4 is 21.8 Å². The lowest BCUT2D eigenvalue weighted by atomic mass is 9.68. The smallest absolute Gasteiger partial charge is 0.227 e.